The Morgan fingerprint density at radius 1 is 1.44 bits per heavy atom. The van der Waals surface area contributed by atoms with E-state index in [1.165, 1.54) is 18.2 Å². The number of ether oxygens (including phenoxy) is 1. The number of carbonyl (C=O) groups excluding carboxylic acids is 2. The molecule has 0 aliphatic rings. The molecule has 2 atom stereocenters. The molecule has 98 valence electrons. The fraction of sp³-hybridized carbons (Fsp3) is 0.364. The quantitative estimate of drug-likeness (QED) is 0.587. The summed E-state index contributed by atoms with van der Waals surface area (Å²) in [5.41, 5.74) is 4.93. The van der Waals surface area contributed by atoms with Gasteiger partial charge in [0.25, 0.3) is 5.91 Å². The number of amides is 1. The van der Waals surface area contributed by atoms with Gasteiger partial charge < -0.3 is 20.7 Å². The normalized spacial score (nSPS) is 13.7. The monoisotopic (exact) mass is 254 g/mol. The van der Waals surface area contributed by atoms with Crippen molar-refractivity contribution >= 4 is 11.9 Å². The van der Waals surface area contributed by atoms with E-state index in [-0.39, 0.29) is 18.0 Å². The van der Waals surface area contributed by atoms with Gasteiger partial charge in [-0.25, -0.2) is 9.78 Å². The lowest BCUT2D eigenvalue weighted by Gasteiger charge is -2.16. The van der Waals surface area contributed by atoms with E-state index in [0.717, 1.165) is 0 Å². The van der Waals surface area contributed by atoms with Gasteiger partial charge in [-0.3, -0.25) is 4.79 Å². The predicted molar refractivity (Wildman–Crippen MR) is 60.4 cm³/mol. The maximum absolute atomic E-state index is 11.2. The number of primary amides is 1. The Kier molecular flexibility index (Phi) is 4.75. The van der Waals surface area contributed by atoms with Crippen LogP contribution in [0.4, 0.5) is 0 Å². The van der Waals surface area contributed by atoms with E-state index >= 15 is 0 Å². The summed E-state index contributed by atoms with van der Waals surface area (Å²) in [5.74, 6) is -1.73. The first-order valence-corrected chi connectivity index (χ1v) is 5.27. The van der Waals surface area contributed by atoms with Crippen molar-refractivity contribution in [3.8, 4) is 0 Å². The lowest BCUT2D eigenvalue weighted by molar-refractivity contribution is -0.159. The largest absolute Gasteiger partial charge is 0.464 e. The van der Waals surface area contributed by atoms with Crippen molar-refractivity contribution in [2.24, 2.45) is 5.73 Å². The van der Waals surface area contributed by atoms with Crippen LogP contribution in [0.15, 0.2) is 18.2 Å². The van der Waals surface area contributed by atoms with Gasteiger partial charge in [-0.15, -0.1) is 0 Å². The second-order valence-corrected chi connectivity index (χ2v) is 3.45. The highest BCUT2D eigenvalue weighted by molar-refractivity contribution is 5.90. The van der Waals surface area contributed by atoms with Crippen molar-refractivity contribution in [1.29, 1.82) is 0 Å². The fourth-order valence-corrected chi connectivity index (χ4v) is 1.27. The Morgan fingerprint density at radius 2 is 2.11 bits per heavy atom. The third kappa shape index (κ3) is 3.25. The van der Waals surface area contributed by atoms with Crippen LogP contribution in [0.25, 0.3) is 0 Å². The molecular formula is C11H14N2O5. The SMILES string of the molecule is CCOC(=O)C(O)C(O)c1cccc(C(N)=O)n1. The van der Waals surface area contributed by atoms with E-state index in [1.807, 2.05) is 0 Å². The molecule has 0 spiro atoms. The van der Waals surface area contributed by atoms with Gasteiger partial charge in [-0.2, -0.15) is 0 Å². The van der Waals surface area contributed by atoms with Gasteiger partial charge in [0.15, 0.2) is 6.10 Å². The summed E-state index contributed by atoms with van der Waals surface area (Å²) >= 11 is 0. The van der Waals surface area contributed by atoms with E-state index in [0.29, 0.717) is 0 Å². The minimum absolute atomic E-state index is 0.0353. The molecule has 1 heterocycles. The molecule has 1 aromatic rings. The van der Waals surface area contributed by atoms with Crippen LogP contribution in [0.3, 0.4) is 0 Å². The zero-order chi connectivity index (χ0) is 13.7. The molecule has 2 unspecified atom stereocenters. The standard InChI is InChI=1S/C11H14N2O5/c1-2-18-11(17)9(15)8(14)6-4-3-5-7(13-6)10(12)16/h3-5,8-9,14-15H,2H2,1H3,(H2,12,16). The molecule has 0 saturated heterocycles. The van der Waals surface area contributed by atoms with Crippen molar-refractivity contribution in [2.75, 3.05) is 6.61 Å². The number of aliphatic hydroxyl groups is 2. The maximum Gasteiger partial charge on any atom is 0.338 e. The fourth-order valence-electron chi connectivity index (χ4n) is 1.27. The number of hydrogen-bond acceptors (Lipinski definition) is 6. The third-order valence-electron chi connectivity index (χ3n) is 2.15. The van der Waals surface area contributed by atoms with E-state index < -0.39 is 24.1 Å². The molecule has 0 saturated carbocycles. The van der Waals surface area contributed by atoms with Gasteiger partial charge in [0.05, 0.1) is 12.3 Å². The Balaban J connectivity index is 2.89. The average molecular weight is 254 g/mol. The molecule has 0 aliphatic carbocycles. The minimum atomic E-state index is -1.76. The number of hydrogen-bond donors (Lipinski definition) is 3. The Morgan fingerprint density at radius 3 is 2.67 bits per heavy atom. The summed E-state index contributed by atoms with van der Waals surface area (Å²) in [5, 5.41) is 19.2. The first kappa shape index (κ1) is 14.1. The molecule has 1 rings (SSSR count). The van der Waals surface area contributed by atoms with Crippen molar-refractivity contribution in [2.45, 2.75) is 19.1 Å². The Labute approximate surface area is 103 Å². The highest BCUT2D eigenvalue weighted by Gasteiger charge is 2.28. The number of nitrogens with two attached hydrogens (primary N) is 1. The van der Waals surface area contributed by atoms with Crippen molar-refractivity contribution in [3.05, 3.63) is 29.6 Å². The van der Waals surface area contributed by atoms with Crippen molar-refractivity contribution in [3.63, 3.8) is 0 Å². The summed E-state index contributed by atoms with van der Waals surface area (Å²) in [4.78, 5) is 25.9. The summed E-state index contributed by atoms with van der Waals surface area (Å²) in [6, 6.07) is 4.15. The number of aromatic nitrogens is 1. The summed E-state index contributed by atoms with van der Waals surface area (Å²) in [6.07, 6.45) is -3.34. The van der Waals surface area contributed by atoms with Crippen LogP contribution < -0.4 is 5.73 Å². The van der Waals surface area contributed by atoms with Gasteiger partial charge in [-0.05, 0) is 19.1 Å². The molecule has 1 amide bonds. The number of esters is 1. The first-order valence-electron chi connectivity index (χ1n) is 5.27. The molecule has 0 fully saturated rings. The van der Waals surface area contributed by atoms with E-state index in [9.17, 15) is 19.8 Å². The Hall–Kier alpha value is -1.99. The maximum atomic E-state index is 11.2. The number of rotatable bonds is 5. The molecule has 0 radical (unpaired) electrons. The van der Waals surface area contributed by atoms with Crippen molar-refractivity contribution < 1.29 is 24.5 Å². The smallest absolute Gasteiger partial charge is 0.338 e. The summed E-state index contributed by atoms with van der Waals surface area (Å²) in [7, 11) is 0. The number of nitrogens with zero attached hydrogens (tertiary/aromatic N) is 1. The second-order valence-electron chi connectivity index (χ2n) is 3.45. The van der Waals surface area contributed by atoms with Crippen LogP contribution in [0.1, 0.15) is 29.2 Å². The van der Waals surface area contributed by atoms with Crippen LogP contribution in [0, 0.1) is 0 Å². The molecule has 4 N–H and O–H groups in total. The van der Waals surface area contributed by atoms with E-state index in [2.05, 4.69) is 9.72 Å². The first-order chi connectivity index (χ1) is 8.47. The topological polar surface area (TPSA) is 123 Å². The van der Waals surface area contributed by atoms with Crippen LogP contribution in [0.2, 0.25) is 0 Å². The summed E-state index contributed by atoms with van der Waals surface area (Å²) < 4.78 is 4.56. The van der Waals surface area contributed by atoms with E-state index in [4.69, 9.17) is 5.73 Å². The van der Waals surface area contributed by atoms with Gasteiger partial charge in [0.1, 0.15) is 11.8 Å². The minimum Gasteiger partial charge on any atom is -0.464 e. The molecule has 1 aromatic heterocycles. The Bertz CT molecular complexity index is 449. The van der Waals surface area contributed by atoms with Crippen LogP contribution in [0.5, 0.6) is 0 Å². The molecule has 0 aromatic carbocycles. The van der Waals surface area contributed by atoms with E-state index in [1.54, 1.807) is 6.92 Å². The lowest BCUT2D eigenvalue weighted by Crippen LogP contribution is -2.30. The number of carbonyl (C=O) groups is 2. The van der Waals surface area contributed by atoms with Gasteiger partial charge >= 0.3 is 5.97 Å². The van der Waals surface area contributed by atoms with Crippen LogP contribution in [-0.2, 0) is 9.53 Å². The average Bonchev–Trinajstić information content (AvgIpc) is 2.37. The van der Waals surface area contributed by atoms with Gasteiger partial charge in [-0.1, -0.05) is 6.07 Å². The highest BCUT2D eigenvalue weighted by atomic mass is 16.5. The zero-order valence-electron chi connectivity index (χ0n) is 9.74. The van der Waals surface area contributed by atoms with Gasteiger partial charge in [0.2, 0.25) is 0 Å². The lowest BCUT2D eigenvalue weighted by atomic mass is 10.1. The van der Waals surface area contributed by atoms with Crippen LogP contribution >= 0.6 is 0 Å². The molecule has 0 bridgehead atoms. The van der Waals surface area contributed by atoms with Crippen LogP contribution in [-0.4, -0.2) is 39.8 Å². The number of aliphatic hydroxyl groups excluding tert-OH is 2. The predicted octanol–water partition coefficient (Wildman–Crippen LogP) is -0.862. The molecular weight excluding hydrogens is 240 g/mol. The number of pyridine rings is 1. The summed E-state index contributed by atoms with van der Waals surface area (Å²) in [6.45, 7) is 1.65. The zero-order valence-corrected chi connectivity index (χ0v) is 9.74. The van der Waals surface area contributed by atoms with Crippen molar-refractivity contribution in [1.82, 2.24) is 4.98 Å². The molecule has 0 aliphatic heterocycles. The van der Waals surface area contributed by atoms with Gasteiger partial charge in [0, 0.05) is 0 Å². The molecule has 18 heavy (non-hydrogen) atoms. The molecule has 7 nitrogen and oxygen atoms in total. The third-order valence-corrected chi connectivity index (χ3v) is 2.15. The second kappa shape index (κ2) is 6.08. The molecule has 7 heteroatoms. The highest BCUT2D eigenvalue weighted by Crippen LogP contribution is 2.16.